The number of esters is 2. The first-order chi connectivity index (χ1) is 18.0. The zero-order chi connectivity index (χ0) is 27.6. The molecule has 4 nitrogen and oxygen atoms in total. The van der Waals surface area contributed by atoms with Crippen LogP contribution in [0.15, 0.2) is 0 Å². The second kappa shape index (κ2) is 25.2. The Hall–Kier alpha value is -1.06. The molecular formula is C33H64O4. The Morgan fingerprint density at radius 1 is 0.514 bits per heavy atom. The van der Waals surface area contributed by atoms with Gasteiger partial charge in [0, 0.05) is 25.2 Å². The third-order valence-corrected chi connectivity index (χ3v) is 7.79. The molecule has 0 aliphatic rings. The van der Waals surface area contributed by atoms with Crippen LogP contribution < -0.4 is 0 Å². The molecule has 0 aromatic carbocycles. The Labute approximate surface area is 231 Å². The number of ether oxygens (including phenoxy) is 2. The van der Waals surface area contributed by atoms with Gasteiger partial charge in [0.15, 0.2) is 0 Å². The van der Waals surface area contributed by atoms with E-state index >= 15 is 0 Å². The van der Waals surface area contributed by atoms with E-state index in [4.69, 9.17) is 9.47 Å². The summed E-state index contributed by atoms with van der Waals surface area (Å²) < 4.78 is 12.1. The van der Waals surface area contributed by atoms with Gasteiger partial charge in [0.2, 0.25) is 0 Å². The van der Waals surface area contributed by atoms with Gasteiger partial charge < -0.3 is 9.47 Å². The fraction of sp³-hybridized carbons (Fsp3) is 0.939. The van der Waals surface area contributed by atoms with Crippen LogP contribution >= 0.6 is 0 Å². The normalized spacial score (nSPS) is 12.5. The average Bonchev–Trinajstić information content (AvgIpc) is 2.89. The van der Waals surface area contributed by atoms with Crippen molar-refractivity contribution in [3.05, 3.63) is 0 Å². The van der Waals surface area contributed by atoms with Gasteiger partial charge in [-0.25, -0.2) is 0 Å². The summed E-state index contributed by atoms with van der Waals surface area (Å²) >= 11 is 0. The molecule has 0 radical (unpaired) electrons. The van der Waals surface area contributed by atoms with E-state index in [2.05, 4.69) is 27.7 Å². The number of rotatable bonds is 27. The van der Waals surface area contributed by atoms with Crippen molar-refractivity contribution in [1.29, 1.82) is 0 Å². The zero-order valence-corrected chi connectivity index (χ0v) is 25.7. The highest BCUT2D eigenvalue weighted by Crippen LogP contribution is 2.35. The minimum atomic E-state index is -1.11. The van der Waals surface area contributed by atoms with Gasteiger partial charge in [-0.05, 0) is 25.7 Å². The van der Waals surface area contributed by atoms with E-state index in [0.29, 0.717) is 19.3 Å². The van der Waals surface area contributed by atoms with E-state index < -0.39 is 5.79 Å². The number of hydrogen-bond donors (Lipinski definition) is 0. The summed E-state index contributed by atoms with van der Waals surface area (Å²) in [4.78, 5) is 25.7. The SMILES string of the molecule is CCCCCCCCCCCC(=O)OC(CC)(OC(=O)CCCCCCCCCCC)C(CC)CCC. The maximum absolute atomic E-state index is 12.8. The largest absolute Gasteiger partial charge is 0.422 e. The Morgan fingerprint density at radius 3 is 1.16 bits per heavy atom. The third-order valence-electron chi connectivity index (χ3n) is 7.79. The fourth-order valence-electron chi connectivity index (χ4n) is 5.35. The molecule has 0 N–H and O–H groups in total. The van der Waals surface area contributed by atoms with Crippen molar-refractivity contribution in [3.8, 4) is 0 Å². The molecule has 0 aromatic rings. The van der Waals surface area contributed by atoms with Crippen molar-refractivity contribution in [2.75, 3.05) is 0 Å². The Balaban J connectivity index is 4.56. The molecule has 4 heteroatoms. The molecule has 1 unspecified atom stereocenters. The van der Waals surface area contributed by atoms with E-state index in [0.717, 1.165) is 44.9 Å². The van der Waals surface area contributed by atoms with Crippen molar-refractivity contribution in [1.82, 2.24) is 0 Å². The molecule has 0 rings (SSSR count). The third kappa shape index (κ3) is 18.8. The quantitative estimate of drug-likeness (QED) is 0.0609. The molecule has 0 heterocycles. The molecule has 220 valence electrons. The Morgan fingerprint density at radius 2 is 0.865 bits per heavy atom. The molecule has 0 spiro atoms. The molecule has 0 aliphatic carbocycles. The fourth-order valence-corrected chi connectivity index (χ4v) is 5.35. The second-order valence-corrected chi connectivity index (χ2v) is 11.2. The zero-order valence-electron chi connectivity index (χ0n) is 25.7. The standard InChI is InChI=1S/C33H64O4/c1-6-11-13-15-17-19-21-23-25-28-31(34)36-33(10-5,30(9-4)27-8-3)37-32(35)29-26-24-22-20-18-16-14-12-7-2/h30H,6-29H2,1-5H3. The van der Waals surface area contributed by atoms with Crippen LogP contribution in [0.5, 0.6) is 0 Å². The molecular weight excluding hydrogens is 460 g/mol. The van der Waals surface area contributed by atoms with Gasteiger partial charge in [0.25, 0.3) is 5.79 Å². The van der Waals surface area contributed by atoms with Gasteiger partial charge in [-0.1, -0.05) is 144 Å². The monoisotopic (exact) mass is 524 g/mol. The van der Waals surface area contributed by atoms with Crippen LogP contribution in [0.4, 0.5) is 0 Å². The maximum atomic E-state index is 12.8. The van der Waals surface area contributed by atoms with E-state index in [1.54, 1.807) is 0 Å². The van der Waals surface area contributed by atoms with Gasteiger partial charge in [-0.15, -0.1) is 0 Å². The average molecular weight is 525 g/mol. The lowest BCUT2D eigenvalue weighted by Crippen LogP contribution is -2.46. The Bertz CT molecular complexity index is 494. The van der Waals surface area contributed by atoms with E-state index in [1.807, 2.05) is 6.92 Å². The first kappa shape index (κ1) is 35.9. The summed E-state index contributed by atoms with van der Waals surface area (Å²) in [6.45, 7) is 10.7. The van der Waals surface area contributed by atoms with Gasteiger partial charge in [-0.3, -0.25) is 9.59 Å². The number of carbonyl (C=O) groups excluding carboxylic acids is 2. The highest BCUT2D eigenvalue weighted by molar-refractivity contribution is 5.72. The molecule has 0 saturated carbocycles. The van der Waals surface area contributed by atoms with Crippen LogP contribution in [-0.4, -0.2) is 17.7 Å². The van der Waals surface area contributed by atoms with Crippen LogP contribution in [0, 0.1) is 5.92 Å². The lowest BCUT2D eigenvalue weighted by atomic mass is 9.88. The molecule has 37 heavy (non-hydrogen) atoms. The van der Waals surface area contributed by atoms with Crippen LogP contribution in [0.1, 0.15) is 189 Å². The molecule has 0 fully saturated rings. The van der Waals surface area contributed by atoms with Crippen LogP contribution in [0.2, 0.25) is 0 Å². The van der Waals surface area contributed by atoms with Crippen molar-refractivity contribution in [3.63, 3.8) is 0 Å². The smallest absolute Gasteiger partial charge is 0.309 e. The molecule has 0 saturated heterocycles. The van der Waals surface area contributed by atoms with Gasteiger partial charge in [-0.2, -0.15) is 0 Å². The summed E-state index contributed by atoms with van der Waals surface area (Å²) in [5.74, 6) is -1.50. The molecule has 0 amide bonds. The molecule has 0 aliphatic heterocycles. The van der Waals surface area contributed by atoms with Crippen molar-refractivity contribution < 1.29 is 19.1 Å². The number of carbonyl (C=O) groups is 2. The first-order valence-corrected chi connectivity index (χ1v) is 16.4. The lowest BCUT2D eigenvalue weighted by molar-refractivity contribution is -0.251. The minimum Gasteiger partial charge on any atom is -0.422 e. The summed E-state index contributed by atoms with van der Waals surface area (Å²) in [5.41, 5.74) is 0. The van der Waals surface area contributed by atoms with E-state index in [-0.39, 0.29) is 17.9 Å². The molecule has 0 aromatic heterocycles. The van der Waals surface area contributed by atoms with Crippen molar-refractivity contribution in [2.24, 2.45) is 5.92 Å². The van der Waals surface area contributed by atoms with Crippen molar-refractivity contribution >= 4 is 11.9 Å². The van der Waals surface area contributed by atoms with Gasteiger partial charge >= 0.3 is 11.9 Å². The summed E-state index contributed by atoms with van der Waals surface area (Å²) in [6.07, 6.45) is 25.9. The maximum Gasteiger partial charge on any atom is 0.309 e. The van der Waals surface area contributed by atoms with E-state index in [9.17, 15) is 9.59 Å². The van der Waals surface area contributed by atoms with Crippen LogP contribution in [-0.2, 0) is 19.1 Å². The minimum absolute atomic E-state index is 0.0432. The topological polar surface area (TPSA) is 52.6 Å². The highest BCUT2D eigenvalue weighted by Gasteiger charge is 2.43. The summed E-state index contributed by atoms with van der Waals surface area (Å²) in [7, 11) is 0. The predicted molar refractivity (Wildman–Crippen MR) is 158 cm³/mol. The summed E-state index contributed by atoms with van der Waals surface area (Å²) in [6, 6.07) is 0. The van der Waals surface area contributed by atoms with Crippen molar-refractivity contribution in [2.45, 2.75) is 195 Å². The van der Waals surface area contributed by atoms with Gasteiger partial charge in [0.05, 0.1) is 0 Å². The van der Waals surface area contributed by atoms with Crippen LogP contribution in [0.3, 0.4) is 0 Å². The second-order valence-electron chi connectivity index (χ2n) is 11.2. The molecule has 0 bridgehead atoms. The van der Waals surface area contributed by atoms with Gasteiger partial charge in [0.1, 0.15) is 0 Å². The Kier molecular flexibility index (Phi) is 24.5. The van der Waals surface area contributed by atoms with E-state index in [1.165, 1.54) is 89.9 Å². The molecule has 1 atom stereocenters. The summed E-state index contributed by atoms with van der Waals surface area (Å²) in [5, 5.41) is 0. The lowest BCUT2D eigenvalue weighted by Gasteiger charge is -2.38. The highest BCUT2D eigenvalue weighted by atomic mass is 16.7. The number of hydrogen-bond acceptors (Lipinski definition) is 4. The first-order valence-electron chi connectivity index (χ1n) is 16.4. The van der Waals surface area contributed by atoms with Crippen LogP contribution in [0.25, 0.3) is 0 Å². The predicted octanol–water partition coefficient (Wildman–Crippen LogP) is 10.8. The number of unbranched alkanes of at least 4 members (excludes halogenated alkanes) is 16.